The SMILES string of the molecule is CCN(CC)[C@@H](CNS(=O)(=O)c1cc(OC)ccc1OC)Cc1ccccc1. The van der Waals surface area contributed by atoms with Crippen LogP contribution in [-0.2, 0) is 16.4 Å². The maximum atomic E-state index is 13.0. The van der Waals surface area contributed by atoms with Gasteiger partial charge >= 0.3 is 0 Å². The first-order valence-corrected chi connectivity index (χ1v) is 10.9. The van der Waals surface area contributed by atoms with Gasteiger partial charge in [-0.15, -0.1) is 0 Å². The maximum absolute atomic E-state index is 13.0. The molecule has 2 rings (SSSR count). The van der Waals surface area contributed by atoms with Gasteiger partial charge in [-0.25, -0.2) is 13.1 Å². The number of sulfonamides is 1. The summed E-state index contributed by atoms with van der Waals surface area (Å²) < 4.78 is 39.1. The standard InChI is InChI=1S/C21H30N2O4S/c1-5-23(6-2)18(14-17-10-8-7-9-11-17)16-22-28(24,25)21-15-19(26-3)12-13-20(21)27-4/h7-13,15,18,22H,5-6,14,16H2,1-4H3/t18-/m1/s1. The third-order valence-electron chi connectivity index (χ3n) is 4.81. The van der Waals surface area contributed by atoms with Gasteiger partial charge in [0.1, 0.15) is 16.4 Å². The highest BCUT2D eigenvalue weighted by molar-refractivity contribution is 7.89. The minimum absolute atomic E-state index is 0.0452. The Bertz CT molecular complexity index is 837. The third kappa shape index (κ3) is 5.70. The van der Waals surface area contributed by atoms with Crippen LogP contribution in [0.5, 0.6) is 11.5 Å². The highest BCUT2D eigenvalue weighted by Crippen LogP contribution is 2.28. The van der Waals surface area contributed by atoms with Gasteiger partial charge in [0, 0.05) is 18.7 Å². The molecule has 154 valence electrons. The molecule has 0 saturated carbocycles. The summed E-state index contributed by atoms with van der Waals surface area (Å²) in [5.41, 5.74) is 1.18. The molecule has 2 aromatic rings. The Morgan fingerprint density at radius 1 is 1.00 bits per heavy atom. The smallest absolute Gasteiger partial charge is 0.244 e. The van der Waals surface area contributed by atoms with Crippen molar-refractivity contribution < 1.29 is 17.9 Å². The molecule has 1 N–H and O–H groups in total. The van der Waals surface area contributed by atoms with Crippen LogP contribution in [0.4, 0.5) is 0 Å². The average Bonchev–Trinajstić information content (AvgIpc) is 2.73. The number of hydrogen-bond donors (Lipinski definition) is 1. The summed E-state index contributed by atoms with van der Waals surface area (Å²) in [6.07, 6.45) is 0.764. The highest BCUT2D eigenvalue weighted by atomic mass is 32.2. The van der Waals surface area contributed by atoms with Crippen molar-refractivity contribution in [1.29, 1.82) is 0 Å². The molecule has 0 bridgehead atoms. The van der Waals surface area contributed by atoms with E-state index in [4.69, 9.17) is 9.47 Å². The third-order valence-corrected chi connectivity index (χ3v) is 6.26. The van der Waals surface area contributed by atoms with Gasteiger partial charge in [0.05, 0.1) is 14.2 Å². The predicted octanol–water partition coefficient (Wildman–Crippen LogP) is 2.94. The molecule has 0 aliphatic rings. The fourth-order valence-corrected chi connectivity index (χ4v) is 4.49. The first-order valence-electron chi connectivity index (χ1n) is 9.44. The van der Waals surface area contributed by atoms with Gasteiger partial charge in [-0.3, -0.25) is 4.90 Å². The Morgan fingerprint density at radius 2 is 1.68 bits per heavy atom. The zero-order valence-electron chi connectivity index (χ0n) is 17.0. The lowest BCUT2D eigenvalue weighted by molar-refractivity contribution is 0.216. The summed E-state index contributed by atoms with van der Waals surface area (Å²) in [5, 5.41) is 0. The molecule has 0 radical (unpaired) electrons. The van der Waals surface area contributed by atoms with Crippen LogP contribution in [0, 0.1) is 0 Å². The van der Waals surface area contributed by atoms with Crippen molar-refractivity contribution in [2.45, 2.75) is 31.2 Å². The van der Waals surface area contributed by atoms with Crippen LogP contribution >= 0.6 is 0 Å². The molecule has 0 aromatic heterocycles. The maximum Gasteiger partial charge on any atom is 0.244 e. The molecule has 0 saturated heterocycles. The lowest BCUT2D eigenvalue weighted by atomic mass is 10.0. The minimum Gasteiger partial charge on any atom is -0.497 e. The average molecular weight is 407 g/mol. The Labute approximate surface area is 168 Å². The van der Waals surface area contributed by atoms with E-state index in [0.29, 0.717) is 12.3 Å². The van der Waals surface area contributed by atoms with E-state index in [0.717, 1.165) is 19.5 Å². The number of rotatable bonds is 11. The number of benzene rings is 2. The van der Waals surface area contributed by atoms with Crippen molar-refractivity contribution in [3.63, 3.8) is 0 Å². The van der Waals surface area contributed by atoms with E-state index in [2.05, 4.69) is 35.6 Å². The zero-order chi connectivity index (χ0) is 20.6. The highest BCUT2D eigenvalue weighted by Gasteiger charge is 2.24. The quantitative estimate of drug-likeness (QED) is 0.621. The second-order valence-corrected chi connectivity index (χ2v) is 8.17. The number of ether oxygens (including phenoxy) is 2. The number of likely N-dealkylation sites (N-methyl/N-ethyl adjacent to an activating group) is 1. The van der Waals surface area contributed by atoms with Crippen LogP contribution in [0.15, 0.2) is 53.4 Å². The van der Waals surface area contributed by atoms with Crippen LogP contribution in [-0.4, -0.2) is 53.2 Å². The van der Waals surface area contributed by atoms with E-state index >= 15 is 0 Å². The Hall–Kier alpha value is -2.09. The molecule has 2 aromatic carbocycles. The number of nitrogens with zero attached hydrogens (tertiary/aromatic N) is 1. The largest absolute Gasteiger partial charge is 0.497 e. The second kappa shape index (κ2) is 10.5. The Morgan fingerprint density at radius 3 is 2.25 bits per heavy atom. The minimum atomic E-state index is -3.75. The fraction of sp³-hybridized carbons (Fsp3) is 0.429. The molecule has 7 heteroatoms. The van der Waals surface area contributed by atoms with Crippen molar-refractivity contribution in [2.75, 3.05) is 33.9 Å². The van der Waals surface area contributed by atoms with E-state index in [-0.39, 0.29) is 16.7 Å². The van der Waals surface area contributed by atoms with Gasteiger partial charge in [0.25, 0.3) is 0 Å². The fourth-order valence-electron chi connectivity index (χ4n) is 3.23. The summed E-state index contributed by atoms with van der Waals surface area (Å²) in [4.78, 5) is 2.34. The zero-order valence-corrected chi connectivity index (χ0v) is 17.8. The van der Waals surface area contributed by atoms with Crippen LogP contribution in [0.25, 0.3) is 0 Å². The summed E-state index contributed by atoms with van der Waals surface area (Å²) in [6.45, 7) is 6.16. The number of hydrogen-bond acceptors (Lipinski definition) is 5. The van der Waals surface area contributed by atoms with Gasteiger partial charge in [0.15, 0.2) is 0 Å². The Balaban J connectivity index is 2.23. The molecule has 28 heavy (non-hydrogen) atoms. The molecule has 6 nitrogen and oxygen atoms in total. The lowest BCUT2D eigenvalue weighted by Crippen LogP contribution is -2.45. The number of nitrogens with one attached hydrogen (secondary N) is 1. The van der Waals surface area contributed by atoms with Crippen molar-refractivity contribution in [1.82, 2.24) is 9.62 Å². The van der Waals surface area contributed by atoms with Crippen molar-refractivity contribution in [3.05, 3.63) is 54.1 Å². The molecule has 0 heterocycles. The van der Waals surface area contributed by atoms with E-state index in [1.807, 2.05) is 18.2 Å². The molecule has 0 amide bonds. The summed E-state index contributed by atoms with van der Waals surface area (Å²) in [5.74, 6) is 0.751. The molecule has 0 aliphatic carbocycles. The first kappa shape index (κ1) is 22.2. The van der Waals surface area contributed by atoms with Gasteiger partial charge < -0.3 is 9.47 Å². The summed E-state index contributed by atoms with van der Waals surface area (Å²) in [7, 11) is -0.799. The van der Waals surface area contributed by atoms with Gasteiger partial charge in [0.2, 0.25) is 10.0 Å². The van der Waals surface area contributed by atoms with Gasteiger partial charge in [-0.05, 0) is 37.2 Å². The molecule has 0 unspecified atom stereocenters. The summed E-state index contributed by atoms with van der Waals surface area (Å²) >= 11 is 0. The molecule has 1 atom stereocenters. The molecule has 0 spiro atoms. The van der Waals surface area contributed by atoms with E-state index < -0.39 is 10.0 Å². The van der Waals surface area contributed by atoms with Gasteiger partial charge in [-0.2, -0.15) is 0 Å². The first-order chi connectivity index (χ1) is 13.4. The van der Waals surface area contributed by atoms with Crippen molar-refractivity contribution in [2.24, 2.45) is 0 Å². The molecular formula is C21H30N2O4S. The molecule has 0 aliphatic heterocycles. The Kier molecular flexibility index (Phi) is 8.29. The molecule has 0 fully saturated rings. The van der Waals surface area contributed by atoms with Crippen LogP contribution in [0.1, 0.15) is 19.4 Å². The topological polar surface area (TPSA) is 67.9 Å². The molecular weight excluding hydrogens is 376 g/mol. The van der Waals surface area contributed by atoms with Crippen molar-refractivity contribution in [3.8, 4) is 11.5 Å². The predicted molar refractivity (Wildman–Crippen MR) is 112 cm³/mol. The summed E-state index contributed by atoms with van der Waals surface area (Å²) in [6, 6.07) is 14.9. The number of methoxy groups -OCH3 is 2. The second-order valence-electron chi connectivity index (χ2n) is 6.43. The van der Waals surface area contributed by atoms with Gasteiger partial charge in [-0.1, -0.05) is 44.2 Å². The van der Waals surface area contributed by atoms with E-state index in [9.17, 15) is 8.42 Å². The monoisotopic (exact) mass is 406 g/mol. The van der Waals surface area contributed by atoms with Crippen LogP contribution in [0.2, 0.25) is 0 Å². The van der Waals surface area contributed by atoms with Crippen LogP contribution < -0.4 is 14.2 Å². The van der Waals surface area contributed by atoms with Crippen molar-refractivity contribution >= 4 is 10.0 Å². The van der Waals surface area contributed by atoms with E-state index in [1.54, 1.807) is 12.1 Å². The lowest BCUT2D eigenvalue weighted by Gasteiger charge is -2.30. The van der Waals surface area contributed by atoms with Crippen LogP contribution in [0.3, 0.4) is 0 Å². The normalized spacial score (nSPS) is 12.8. The van der Waals surface area contributed by atoms with E-state index in [1.165, 1.54) is 25.8 Å².